The van der Waals surface area contributed by atoms with Gasteiger partial charge in [0.15, 0.2) is 0 Å². The average molecular weight is 344 g/mol. The summed E-state index contributed by atoms with van der Waals surface area (Å²) < 4.78 is 4.71. The minimum absolute atomic E-state index is 0.104. The summed E-state index contributed by atoms with van der Waals surface area (Å²) in [5.74, 6) is -0.421. The highest BCUT2D eigenvalue weighted by molar-refractivity contribution is 6.34. The third kappa shape index (κ3) is 3.60. The number of amides is 1. The molecular formula is C19H18ClNO3. The molecule has 24 heavy (non-hydrogen) atoms. The molecule has 0 bridgehead atoms. The molecule has 1 aliphatic carbocycles. The van der Waals surface area contributed by atoms with Gasteiger partial charge in [0.1, 0.15) is 0 Å². The van der Waals surface area contributed by atoms with Crippen molar-refractivity contribution in [2.24, 2.45) is 5.92 Å². The lowest BCUT2D eigenvalue weighted by Crippen LogP contribution is -2.23. The van der Waals surface area contributed by atoms with E-state index in [4.69, 9.17) is 16.3 Å². The van der Waals surface area contributed by atoms with Gasteiger partial charge in [0, 0.05) is 0 Å². The highest BCUT2D eigenvalue weighted by atomic mass is 35.5. The molecule has 1 unspecified atom stereocenters. The van der Waals surface area contributed by atoms with Gasteiger partial charge in [-0.1, -0.05) is 41.9 Å². The molecule has 0 spiro atoms. The lowest BCUT2D eigenvalue weighted by Gasteiger charge is -2.17. The predicted molar refractivity (Wildman–Crippen MR) is 93.3 cm³/mol. The van der Waals surface area contributed by atoms with E-state index >= 15 is 0 Å². The van der Waals surface area contributed by atoms with Crippen LogP contribution in [0, 0.1) is 5.92 Å². The Balaban J connectivity index is 1.84. The number of hydrogen-bond acceptors (Lipinski definition) is 3. The molecule has 0 radical (unpaired) electrons. The van der Waals surface area contributed by atoms with Gasteiger partial charge < -0.3 is 10.1 Å². The molecule has 124 valence electrons. The van der Waals surface area contributed by atoms with Crippen LogP contribution in [0.25, 0.3) is 0 Å². The van der Waals surface area contributed by atoms with Crippen LogP contribution in [0.3, 0.4) is 0 Å². The monoisotopic (exact) mass is 343 g/mol. The van der Waals surface area contributed by atoms with E-state index in [9.17, 15) is 9.59 Å². The second-order valence-electron chi connectivity index (χ2n) is 5.90. The van der Waals surface area contributed by atoms with Crippen molar-refractivity contribution in [2.75, 3.05) is 12.4 Å². The minimum Gasteiger partial charge on any atom is -0.465 e. The third-order valence-corrected chi connectivity index (χ3v) is 4.51. The Morgan fingerprint density at radius 3 is 2.50 bits per heavy atom. The van der Waals surface area contributed by atoms with Crippen molar-refractivity contribution >= 4 is 29.2 Å². The van der Waals surface area contributed by atoms with Gasteiger partial charge in [-0.05, 0) is 42.5 Å². The first-order valence-electron chi connectivity index (χ1n) is 7.84. The number of carbonyl (C=O) groups excluding carboxylic acids is 2. The molecule has 1 aliphatic rings. The van der Waals surface area contributed by atoms with Crippen molar-refractivity contribution in [2.45, 2.75) is 18.8 Å². The van der Waals surface area contributed by atoms with E-state index in [0.29, 0.717) is 22.2 Å². The van der Waals surface area contributed by atoms with Gasteiger partial charge >= 0.3 is 5.97 Å². The largest absolute Gasteiger partial charge is 0.465 e. The van der Waals surface area contributed by atoms with Gasteiger partial charge in [-0.3, -0.25) is 4.79 Å². The molecule has 3 rings (SSSR count). The van der Waals surface area contributed by atoms with E-state index in [2.05, 4.69) is 5.32 Å². The Morgan fingerprint density at radius 2 is 1.88 bits per heavy atom. The number of anilines is 1. The van der Waals surface area contributed by atoms with Gasteiger partial charge in [-0.25, -0.2) is 4.79 Å². The average Bonchev–Trinajstić information content (AvgIpc) is 3.42. The smallest absolute Gasteiger partial charge is 0.337 e. The molecule has 0 aromatic heterocycles. The zero-order valence-corrected chi connectivity index (χ0v) is 14.0. The summed E-state index contributed by atoms with van der Waals surface area (Å²) in [5, 5.41) is 3.26. The maximum absolute atomic E-state index is 12.8. The van der Waals surface area contributed by atoms with Crippen molar-refractivity contribution in [3.8, 4) is 0 Å². The normalized spacial score (nSPS) is 14.8. The van der Waals surface area contributed by atoms with Crippen molar-refractivity contribution in [1.29, 1.82) is 0 Å². The summed E-state index contributed by atoms with van der Waals surface area (Å²) in [6, 6.07) is 14.4. The fourth-order valence-corrected chi connectivity index (χ4v) is 2.97. The van der Waals surface area contributed by atoms with Crippen molar-refractivity contribution in [3.63, 3.8) is 0 Å². The molecular weight excluding hydrogens is 326 g/mol. The quantitative estimate of drug-likeness (QED) is 0.825. The molecule has 1 saturated carbocycles. The number of halogens is 1. The fraction of sp³-hybridized carbons (Fsp3) is 0.263. The Labute approximate surface area is 145 Å². The molecule has 1 atom stereocenters. The van der Waals surface area contributed by atoms with Gasteiger partial charge in [-0.2, -0.15) is 0 Å². The first-order valence-corrected chi connectivity index (χ1v) is 8.21. The van der Waals surface area contributed by atoms with Crippen LogP contribution in [0.15, 0.2) is 48.5 Å². The van der Waals surface area contributed by atoms with Gasteiger partial charge in [0.2, 0.25) is 5.91 Å². The lowest BCUT2D eigenvalue weighted by atomic mass is 9.93. The molecule has 1 N–H and O–H groups in total. The standard InChI is InChI=1S/C19H18ClNO3/c1-24-19(23)14-9-10-15(20)16(11-14)21-18(22)17(13-7-8-13)12-5-3-2-4-6-12/h2-6,9-11,13,17H,7-8H2,1H3,(H,21,22). The van der Waals surface area contributed by atoms with E-state index in [1.54, 1.807) is 18.2 Å². The number of nitrogens with one attached hydrogen (secondary N) is 1. The summed E-state index contributed by atoms with van der Waals surface area (Å²) in [7, 11) is 1.31. The van der Waals surface area contributed by atoms with Gasteiger partial charge in [0.05, 0.1) is 29.3 Å². The Hall–Kier alpha value is -2.33. The lowest BCUT2D eigenvalue weighted by molar-refractivity contribution is -0.118. The van der Waals surface area contributed by atoms with Crippen LogP contribution in [0.5, 0.6) is 0 Å². The van der Waals surface area contributed by atoms with Crippen LogP contribution in [-0.2, 0) is 9.53 Å². The fourth-order valence-electron chi connectivity index (χ4n) is 2.80. The second-order valence-corrected chi connectivity index (χ2v) is 6.31. The predicted octanol–water partition coefficient (Wildman–Crippen LogP) is 4.26. The molecule has 0 aliphatic heterocycles. The number of esters is 1. The zero-order valence-electron chi connectivity index (χ0n) is 13.3. The van der Waals surface area contributed by atoms with Gasteiger partial charge in [-0.15, -0.1) is 0 Å². The summed E-state index contributed by atoms with van der Waals surface area (Å²) >= 11 is 6.17. The number of benzene rings is 2. The number of ether oxygens (including phenoxy) is 1. The molecule has 2 aromatic carbocycles. The minimum atomic E-state index is -0.469. The summed E-state index contributed by atoms with van der Waals surface area (Å²) in [5.41, 5.74) is 1.77. The summed E-state index contributed by atoms with van der Waals surface area (Å²) in [6.07, 6.45) is 2.09. The Bertz CT molecular complexity index is 756. The summed E-state index contributed by atoms with van der Waals surface area (Å²) in [4.78, 5) is 24.5. The maximum Gasteiger partial charge on any atom is 0.337 e. The van der Waals surface area contributed by atoms with Crippen LogP contribution >= 0.6 is 11.6 Å². The van der Waals surface area contributed by atoms with Crippen LogP contribution in [0.1, 0.15) is 34.7 Å². The maximum atomic E-state index is 12.8. The number of carbonyl (C=O) groups is 2. The van der Waals surface area contributed by atoms with E-state index in [-0.39, 0.29) is 11.8 Å². The topological polar surface area (TPSA) is 55.4 Å². The highest BCUT2D eigenvalue weighted by Crippen LogP contribution is 2.43. The Morgan fingerprint density at radius 1 is 1.17 bits per heavy atom. The van der Waals surface area contributed by atoms with Gasteiger partial charge in [0.25, 0.3) is 0 Å². The SMILES string of the molecule is COC(=O)c1ccc(Cl)c(NC(=O)C(c2ccccc2)C2CC2)c1. The highest BCUT2D eigenvalue weighted by Gasteiger charge is 2.37. The van der Waals surface area contributed by atoms with E-state index in [0.717, 1.165) is 18.4 Å². The number of methoxy groups -OCH3 is 1. The number of hydrogen-bond donors (Lipinski definition) is 1. The Kier molecular flexibility index (Phi) is 4.86. The van der Waals surface area contributed by atoms with E-state index < -0.39 is 5.97 Å². The molecule has 0 heterocycles. The van der Waals surface area contributed by atoms with Crippen LogP contribution in [0.4, 0.5) is 5.69 Å². The summed E-state index contributed by atoms with van der Waals surface area (Å²) in [6.45, 7) is 0. The first-order chi connectivity index (χ1) is 11.6. The molecule has 4 nitrogen and oxygen atoms in total. The van der Waals surface area contributed by atoms with E-state index in [1.807, 2.05) is 30.3 Å². The molecule has 0 saturated heterocycles. The van der Waals surface area contributed by atoms with Crippen molar-refractivity contribution in [1.82, 2.24) is 0 Å². The van der Waals surface area contributed by atoms with Crippen LogP contribution < -0.4 is 5.32 Å². The van der Waals surface area contributed by atoms with Crippen molar-refractivity contribution < 1.29 is 14.3 Å². The van der Waals surface area contributed by atoms with Crippen molar-refractivity contribution in [3.05, 3.63) is 64.7 Å². The molecule has 1 amide bonds. The molecule has 2 aromatic rings. The second kappa shape index (κ2) is 7.05. The molecule has 1 fully saturated rings. The van der Waals surface area contributed by atoms with Crippen LogP contribution in [0.2, 0.25) is 5.02 Å². The van der Waals surface area contributed by atoms with E-state index in [1.165, 1.54) is 7.11 Å². The molecule has 5 heteroatoms. The zero-order chi connectivity index (χ0) is 17.1. The number of rotatable bonds is 5. The van der Waals surface area contributed by atoms with Crippen LogP contribution in [-0.4, -0.2) is 19.0 Å². The third-order valence-electron chi connectivity index (χ3n) is 4.18. The first kappa shape index (κ1) is 16.5.